The summed E-state index contributed by atoms with van der Waals surface area (Å²) in [4.78, 5) is 0. The van der Waals surface area contributed by atoms with Gasteiger partial charge in [0.2, 0.25) is 0 Å². The van der Waals surface area contributed by atoms with Gasteiger partial charge in [-0.05, 0) is 36.5 Å². The molecule has 0 saturated heterocycles. The second-order valence-electron chi connectivity index (χ2n) is 9.58. The molecule has 4 heterocycles. The first-order valence-corrected chi connectivity index (χ1v) is 17.0. The van der Waals surface area contributed by atoms with Gasteiger partial charge in [-0.15, -0.1) is 23.5 Å². The largest absolute Gasteiger partial charge is 0.207 e. The van der Waals surface area contributed by atoms with Crippen LogP contribution < -0.4 is 9.13 Å². The van der Waals surface area contributed by atoms with E-state index in [1.165, 1.54) is 87.7 Å². The lowest BCUT2D eigenvalue weighted by atomic mass is 10.1. The van der Waals surface area contributed by atoms with Crippen LogP contribution in [-0.4, -0.2) is 29.0 Å². The molecule has 0 aliphatic rings. The van der Waals surface area contributed by atoms with E-state index in [0.29, 0.717) is 0 Å². The number of thioether (sulfide) groups is 2. The Labute approximate surface area is 244 Å². The molecule has 6 nitrogen and oxygen atoms in total. The van der Waals surface area contributed by atoms with Crippen LogP contribution in [-0.2, 0) is 14.1 Å². The fraction of sp³-hybridized carbons (Fsp3) is 0.500. The lowest BCUT2D eigenvalue weighted by Crippen LogP contribution is -2.26. The number of hydrogen-bond acceptors (Lipinski definition) is 8. The quantitative estimate of drug-likeness (QED) is 0.0743. The molecular formula is C28H38N6S4+2. The van der Waals surface area contributed by atoms with Gasteiger partial charge in [0.15, 0.2) is 24.8 Å². The summed E-state index contributed by atoms with van der Waals surface area (Å²) >= 11 is 6.34. The minimum atomic E-state index is 1.03. The summed E-state index contributed by atoms with van der Waals surface area (Å²) in [6.45, 7) is 0. The second-order valence-corrected chi connectivity index (χ2v) is 12.8. The van der Waals surface area contributed by atoms with Crippen molar-refractivity contribution in [2.75, 3.05) is 11.5 Å². The molecule has 0 amide bonds. The Kier molecular flexibility index (Phi) is 12.5. The SMILES string of the molecule is C[n+]1cccc(-c2nsnc2SCCCCCCCCCCCCSc2nsnc2-c2ccc[n+](C)c2)c1. The molecule has 0 atom stereocenters. The van der Waals surface area contributed by atoms with E-state index in [0.717, 1.165) is 44.1 Å². The summed E-state index contributed by atoms with van der Waals surface area (Å²) in [5.41, 5.74) is 4.35. The van der Waals surface area contributed by atoms with Crippen LogP contribution in [0.3, 0.4) is 0 Å². The van der Waals surface area contributed by atoms with Crippen molar-refractivity contribution in [3.8, 4) is 22.5 Å². The van der Waals surface area contributed by atoms with Gasteiger partial charge >= 0.3 is 0 Å². The maximum Gasteiger partial charge on any atom is 0.178 e. The zero-order chi connectivity index (χ0) is 26.4. The number of unbranched alkanes of at least 4 members (excludes halogenated alkanes) is 9. The fourth-order valence-electron chi connectivity index (χ4n) is 4.31. The summed E-state index contributed by atoms with van der Waals surface area (Å²) in [5, 5.41) is 2.15. The normalized spacial score (nSPS) is 11.3. The highest BCUT2D eigenvalue weighted by atomic mass is 32.2. The lowest BCUT2D eigenvalue weighted by molar-refractivity contribution is -0.671. The molecule has 0 aliphatic heterocycles. The van der Waals surface area contributed by atoms with Gasteiger partial charge in [0, 0.05) is 12.1 Å². The highest BCUT2D eigenvalue weighted by molar-refractivity contribution is 7.99. The molecule has 4 aromatic rings. The Morgan fingerprint density at radius 2 is 0.974 bits per heavy atom. The van der Waals surface area contributed by atoms with Crippen LogP contribution in [0.2, 0.25) is 0 Å². The van der Waals surface area contributed by atoms with Crippen LogP contribution in [0.5, 0.6) is 0 Å². The van der Waals surface area contributed by atoms with E-state index in [1.54, 1.807) is 0 Å². The summed E-state index contributed by atoms with van der Waals surface area (Å²) in [6, 6.07) is 8.35. The van der Waals surface area contributed by atoms with E-state index in [4.69, 9.17) is 0 Å². The maximum atomic E-state index is 4.53. The first kappa shape index (κ1) is 29.1. The Morgan fingerprint density at radius 3 is 1.37 bits per heavy atom. The van der Waals surface area contributed by atoms with Crippen molar-refractivity contribution in [3.63, 3.8) is 0 Å². The molecule has 0 bridgehead atoms. The number of pyridine rings is 2. The Balaban J connectivity index is 0.979. The van der Waals surface area contributed by atoms with Gasteiger partial charge < -0.3 is 0 Å². The zero-order valence-electron chi connectivity index (χ0n) is 22.4. The van der Waals surface area contributed by atoms with Gasteiger partial charge in [0.05, 0.1) is 34.6 Å². The van der Waals surface area contributed by atoms with Gasteiger partial charge in [0.25, 0.3) is 0 Å². The molecule has 0 aromatic carbocycles. The molecule has 4 rings (SSSR count). The van der Waals surface area contributed by atoms with Crippen molar-refractivity contribution in [2.45, 2.75) is 74.3 Å². The topological polar surface area (TPSA) is 59.3 Å². The van der Waals surface area contributed by atoms with E-state index >= 15 is 0 Å². The van der Waals surface area contributed by atoms with E-state index in [1.807, 2.05) is 50.0 Å². The van der Waals surface area contributed by atoms with Gasteiger partial charge in [-0.2, -0.15) is 17.5 Å². The first-order valence-electron chi connectivity index (χ1n) is 13.5. The van der Waals surface area contributed by atoms with Gasteiger partial charge in [0.1, 0.15) is 35.5 Å². The Hall–Kier alpha value is -1.88. The van der Waals surface area contributed by atoms with E-state index < -0.39 is 0 Å². The summed E-state index contributed by atoms with van der Waals surface area (Å²) in [6.07, 6.45) is 21.6. The van der Waals surface area contributed by atoms with Crippen LogP contribution in [0.1, 0.15) is 64.2 Å². The van der Waals surface area contributed by atoms with E-state index in [9.17, 15) is 0 Å². The van der Waals surface area contributed by atoms with Gasteiger partial charge in [-0.3, -0.25) is 0 Å². The van der Waals surface area contributed by atoms with Crippen LogP contribution in [0.15, 0.2) is 59.1 Å². The maximum absolute atomic E-state index is 4.53. The molecule has 0 fully saturated rings. The number of hydrogen-bond donors (Lipinski definition) is 0. The Bertz CT molecular complexity index is 1150. The number of aromatic nitrogens is 6. The average molecular weight is 587 g/mol. The van der Waals surface area contributed by atoms with Crippen molar-refractivity contribution in [1.29, 1.82) is 0 Å². The predicted octanol–water partition coefficient (Wildman–Crippen LogP) is 7.16. The molecule has 0 saturated carbocycles. The second kappa shape index (κ2) is 16.3. The highest BCUT2D eigenvalue weighted by Gasteiger charge is 2.14. The Morgan fingerprint density at radius 1 is 0.579 bits per heavy atom. The van der Waals surface area contributed by atoms with Crippen molar-refractivity contribution < 1.29 is 9.13 Å². The number of nitrogens with zero attached hydrogens (tertiary/aromatic N) is 6. The molecule has 38 heavy (non-hydrogen) atoms. The third kappa shape index (κ3) is 9.39. The molecule has 0 spiro atoms. The van der Waals surface area contributed by atoms with Crippen LogP contribution in [0.25, 0.3) is 22.5 Å². The van der Waals surface area contributed by atoms with Gasteiger partial charge in [-0.1, -0.05) is 51.4 Å². The van der Waals surface area contributed by atoms with Crippen LogP contribution in [0, 0.1) is 0 Å². The third-order valence-electron chi connectivity index (χ3n) is 6.36. The summed E-state index contributed by atoms with van der Waals surface area (Å²) in [7, 11) is 4.08. The monoisotopic (exact) mass is 586 g/mol. The van der Waals surface area contributed by atoms with Crippen molar-refractivity contribution in [1.82, 2.24) is 17.5 Å². The van der Waals surface area contributed by atoms with Crippen LogP contribution >= 0.6 is 47.0 Å². The molecule has 0 N–H and O–H groups in total. The zero-order valence-corrected chi connectivity index (χ0v) is 25.7. The highest BCUT2D eigenvalue weighted by Crippen LogP contribution is 2.30. The molecule has 0 aliphatic carbocycles. The van der Waals surface area contributed by atoms with E-state index in [-0.39, 0.29) is 0 Å². The number of rotatable bonds is 17. The minimum absolute atomic E-state index is 1.03. The summed E-state index contributed by atoms with van der Waals surface area (Å²) in [5.74, 6) is 2.25. The van der Waals surface area contributed by atoms with Crippen molar-refractivity contribution in [2.24, 2.45) is 14.1 Å². The van der Waals surface area contributed by atoms with Crippen LogP contribution in [0.4, 0.5) is 0 Å². The number of aryl methyl sites for hydroxylation is 2. The standard InChI is InChI=1S/C28H38N6S4/c1-33-17-13-15-23(21-33)25-27(31-37-29-25)35-19-11-9-7-5-3-4-6-8-10-12-20-36-28-26(30-38-32-28)24-16-14-18-34(2)22-24/h13-18,21-22H,3-12,19-20H2,1-2H3/q+2. The third-order valence-corrected chi connectivity index (χ3v) is 9.75. The van der Waals surface area contributed by atoms with E-state index in [2.05, 4.69) is 63.3 Å². The van der Waals surface area contributed by atoms with Crippen molar-refractivity contribution in [3.05, 3.63) is 49.1 Å². The molecular weight excluding hydrogens is 549 g/mol. The molecule has 202 valence electrons. The lowest BCUT2D eigenvalue weighted by Gasteiger charge is -2.04. The smallest absolute Gasteiger partial charge is 0.178 e. The molecule has 10 heteroatoms. The van der Waals surface area contributed by atoms with Crippen molar-refractivity contribution >= 4 is 47.0 Å². The van der Waals surface area contributed by atoms with Gasteiger partial charge in [-0.25, -0.2) is 9.13 Å². The minimum Gasteiger partial charge on any atom is -0.207 e. The predicted molar refractivity (Wildman–Crippen MR) is 161 cm³/mol. The average Bonchev–Trinajstić information content (AvgIpc) is 3.58. The molecule has 0 unspecified atom stereocenters. The summed E-state index contributed by atoms with van der Waals surface area (Å²) < 4.78 is 22.2. The first-order chi connectivity index (χ1) is 18.7. The fourth-order valence-corrected chi connectivity index (χ4v) is 7.69. The molecule has 0 radical (unpaired) electrons. The molecule has 4 aromatic heterocycles.